The second kappa shape index (κ2) is 5.06. The summed E-state index contributed by atoms with van der Waals surface area (Å²) < 4.78 is 7.41. The van der Waals surface area contributed by atoms with Gasteiger partial charge in [-0.2, -0.15) is 5.10 Å². The first kappa shape index (κ1) is 12.4. The van der Waals surface area contributed by atoms with Gasteiger partial charge in [0.2, 0.25) is 0 Å². The molecule has 1 aromatic heterocycles. The molecule has 2 N–H and O–H groups in total. The molecule has 1 aliphatic rings. The maximum Gasteiger partial charge on any atom is 0.145 e. The van der Waals surface area contributed by atoms with Gasteiger partial charge in [-0.3, -0.25) is 9.58 Å². The van der Waals surface area contributed by atoms with Crippen LogP contribution in [-0.4, -0.2) is 46.5 Å². The molecule has 1 fully saturated rings. The summed E-state index contributed by atoms with van der Waals surface area (Å²) in [4.78, 5) is 2.49. The second-order valence-electron chi connectivity index (χ2n) is 5.21. The lowest BCUT2D eigenvalue weighted by Crippen LogP contribution is -2.53. The Balaban J connectivity index is 1.77. The summed E-state index contributed by atoms with van der Waals surface area (Å²) in [6.45, 7) is 9.16. The van der Waals surface area contributed by atoms with Gasteiger partial charge in [0.25, 0.3) is 0 Å². The molecule has 5 heteroatoms. The molecule has 0 radical (unpaired) electrons. The van der Waals surface area contributed by atoms with Crippen molar-refractivity contribution >= 4 is 5.82 Å². The van der Waals surface area contributed by atoms with E-state index in [1.165, 1.54) is 0 Å². The lowest BCUT2D eigenvalue weighted by molar-refractivity contribution is -0.0515. The fraction of sp³-hybridized carbons (Fsp3) is 0.750. The number of nitrogens with two attached hydrogens (primary N) is 1. The summed E-state index contributed by atoms with van der Waals surface area (Å²) in [6.07, 6.45) is 3.02. The van der Waals surface area contributed by atoms with Crippen molar-refractivity contribution in [2.24, 2.45) is 0 Å². The Morgan fingerprint density at radius 2 is 2.29 bits per heavy atom. The maximum absolute atomic E-state index is 5.58. The van der Waals surface area contributed by atoms with E-state index in [-0.39, 0.29) is 5.54 Å². The molecular weight excluding hydrogens is 216 g/mol. The van der Waals surface area contributed by atoms with E-state index in [1.807, 2.05) is 16.9 Å². The molecule has 2 heterocycles. The van der Waals surface area contributed by atoms with Gasteiger partial charge >= 0.3 is 0 Å². The Morgan fingerprint density at radius 1 is 1.47 bits per heavy atom. The predicted molar refractivity (Wildman–Crippen MR) is 67.7 cm³/mol. The van der Waals surface area contributed by atoms with E-state index < -0.39 is 0 Å². The Hall–Kier alpha value is -1.07. The van der Waals surface area contributed by atoms with Crippen molar-refractivity contribution in [1.29, 1.82) is 0 Å². The zero-order valence-corrected chi connectivity index (χ0v) is 10.7. The van der Waals surface area contributed by atoms with Crippen LogP contribution in [0.4, 0.5) is 5.82 Å². The summed E-state index contributed by atoms with van der Waals surface area (Å²) in [6, 6.07) is 1.83. The van der Waals surface area contributed by atoms with Crippen LogP contribution in [-0.2, 0) is 11.3 Å². The SMILES string of the molecule is CC1(C)COCCN1CCCn1ccc(N)n1. The molecule has 1 aliphatic heterocycles. The Morgan fingerprint density at radius 3 is 2.94 bits per heavy atom. The van der Waals surface area contributed by atoms with Gasteiger partial charge < -0.3 is 10.5 Å². The third-order valence-corrected chi connectivity index (χ3v) is 3.29. The van der Waals surface area contributed by atoms with Crippen molar-refractivity contribution in [3.8, 4) is 0 Å². The van der Waals surface area contributed by atoms with Crippen molar-refractivity contribution in [1.82, 2.24) is 14.7 Å². The molecule has 2 rings (SSSR count). The number of hydrogen-bond acceptors (Lipinski definition) is 4. The van der Waals surface area contributed by atoms with Crippen LogP contribution in [0.25, 0.3) is 0 Å². The van der Waals surface area contributed by atoms with Gasteiger partial charge in [-0.05, 0) is 26.3 Å². The fourth-order valence-electron chi connectivity index (χ4n) is 2.23. The third-order valence-electron chi connectivity index (χ3n) is 3.29. The van der Waals surface area contributed by atoms with E-state index in [0.29, 0.717) is 5.82 Å². The molecule has 0 spiro atoms. The summed E-state index contributed by atoms with van der Waals surface area (Å²) in [5, 5.41) is 4.18. The number of anilines is 1. The number of aromatic nitrogens is 2. The lowest BCUT2D eigenvalue weighted by atomic mass is 10.0. The molecule has 0 atom stereocenters. The molecule has 0 aliphatic carbocycles. The van der Waals surface area contributed by atoms with Crippen LogP contribution < -0.4 is 5.73 Å². The highest BCUT2D eigenvalue weighted by Gasteiger charge is 2.29. The molecule has 5 nitrogen and oxygen atoms in total. The number of ether oxygens (including phenoxy) is 1. The quantitative estimate of drug-likeness (QED) is 0.849. The van der Waals surface area contributed by atoms with E-state index in [9.17, 15) is 0 Å². The van der Waals surface area contributed by atoms with E-state index in [2.05, 4.69) is 23.8 Å². The maximum atomic E-state index is 5.58. The summed E-state index contributed by atoms with van der Waals surface area (Å²) in [5.74, 6) is 0.594. The molecule has 17 heavy (non-hydrogen) atoms. The van der Waals surface area contributed by atoms with E-state index >= 15 is 0 Å². The number of morpholine rings is 1. The smallest absolute Gasteiger partial charge is 0.145 e. The largest absolute Gasteiger partial charge is 0.382 e. The van der Waals surface area contributed by atoms with E-state index in [0.717, 1.165) is 39.3 Å². The number of aryl methyl sites for hydroxylation is 1. The van der Waals surface area contributed by atoms with Gasteiger partial charge in [0.15, 0.2) is 0 Å². The first-order valence-corrected chi connectivity index (χ1v) is 6.20. The first-order chi connectivity index (χ1) is 8.08. The van der Waals surface area contributed by atoms with Crippen LogP contribution in [0.1, 0.15) is 20.3 Å². The number of hydrogen-bond donors (Lipinski definition) is 1. The van der Waals surface area contributed by atoms with E-state index in [1.54, 1.807) is 0 Å². The topological polar surface area (TPSA) is 56.3 Å². The van der Waals surface area contributed by atoms with Gasteiger partial charge in [0, 0.05) is 31.4 Å². The summed E-state index contributed by atoms with van der Waals surface area (Å²) >= 11 is 0. The zero-order valence-electron chi connectivity index (χ0n) is 10.7. The molecule has 0 saturated carbocycles. The minimum absolute atomic E-state index is 0.154. The molecule has 1 saturated heterocycles. The normalized spacial score (nSPS) is 20.6. The Kier molecular flexibility index (Phi) is 3.69. The third kappa shape index (κ3) is 3.20. The average molecular weight is 238 g/mol. The molecular formula is C12H22N4O. The van der Waals surface area contributed by atoms with Crippen molar-refractivity contribution in [3.63, 3.8) is 0 Å². The minimum atomic E-state index is 0.154. The van der Waals surface area contributed by atoms with Gasteiger partial charge in [0.1, 0.15) is 5.82 Å². The Labute approximate surface area is 103 Å². The van der Waals surface area contributed by atoms with Crippen molar-refractivity contribution in [3.05, 3.63) is 12.3 Å². The average Bonchev–Trinajstić information content (AvgIpc) is 2.67. The molecule has 0 amide bonds. The lowest BCUT2D eigenvalue weighted by Gasteiger charge is -2.42. The van der Waals surface area contributed by atoms with Crippen molar-refractivity contribution in [2.75, 3.05) is 32.0 Å². The molecule has 0 unspecified atom stereocenters. The van der Waals surface area contributed by atoms with Gasteiger partial charge in [-0.1, -0.05) is 0 Å². The van der Waals surface area contributed by atoms with Crippen LogP contribution in [0.3, 0.4) is 0 Å². The van der Waals surface area contributed by atoms with Crippen LogP contribution >= 0.6 is 0 Å². The van der Waals surface area contributed by atoms with Gasteiger partial charge in [0.05, 0.1) is 13.2 Å². The first-order valence-electron chi connectivity index (χ1n) is 6.20. The molecule has 0 bridgehead atoms. The summed E-state index contributed by atoms with van der Waals surface area (Å²) in [7, 11) is 0. The highest BCUT2D eigenvalue weighted by atomic mass is 16.5. The van der Waals surface area contributed by atoms with Crippen molar-refractivity contribution < 1.29 is 4.74 Å². The van der Waals surface area contributed by atoms with Crippen LogP contribution in [0.5, 0.6) is 0 Å². The molecule has 1 aromatic rings. The van der Waals surface area contributed by atoms with Crippen LogP contribution in [0.15, 0.2) is 12.3 Å². The summed E-state index contributed by atoms with van der Waals surface area (Å²) in [5.41, 5.74) is 5.73. The zero-order chi connectivity index (χ0) is 12.3. The molecule has 0 aromatic carbocycles. The highest BCUT2D eigenvalue weighted by Crippen LogP contribution is 2.18. The predicted octanol–water partition coefficient (Wildman–Crippen LogP) is 0.966. The fourth-order valence-corrected chi connectivity index (χ4v) is 2.23. The second-order valence-corrected chi connectivity index (χ2v) is 5.21. The monoisotopic (exact) mass is 238 g/mol. The van der Waals surface area contributed by atoms with Crippen molar-refractivity contribution in [2.45, 2.75) is 32.4 Å². The van der Waals surface area contributed by atoms with E-state index in [4.69, 9.17) is 10.5 Å². The van der Waals surface area contributed by atoms with Crippen LogP contribution in [0, 0.1) is 0 Å². The molecule has 96 valence electrons. The van der Waals surface area contributed by atoms with Gasteiger partial charge in [-0.25, -0.2) is 0 Å². The van der Waals surface area contributed by atoms with Crippen LogP contribution in [0.2, 0.25) is 0 Å². The minimum Gasteiger partial charge on any atom is -0.382 e. The number of nitrogen functional groups attached to an aromatic ring is 1. The standard InChI is InChI=1S/C12H22N4O/c1-12(2)10-17-9-8-15(12)5-3-6-16-7-4-11(13)14-16/h4,7H,3,5-6,8-10H2,1-2H3,(H2,13,14). The number of nitrogens with zero attached hydrogens (tertiary/aromatic N) is 3. The Bertz CT molecular complexity index is 361. The van der Waals surface area contributed by atoms with Gasteiger partial charge in [-0.15, -0.1) is 0 Å². The number of rotatable bonds is 4. The highest BCUT2D eigenvalue weighted by molar-refractivity contribution is 5.23.